The van der Waals surface area contributed by atoms with Gasteiger partial charge in [0.1, 0.15) is 5.75 Å². The monoisotopic (exact) mass is 397 g/mol. The fourth-order valence-electron chi connectivity index (χ4n) is 2.10. The van der Waals surface area contributed by atoms with Crippen molar-refractivity contribution in [3.8, 4) is 5.75 Å². The number of ether oxygens (including phenoxy) is 2. The summed E-state index contributed by atoms with van der Waals surface area (Å²) < 4.78 is 37.5. The van der Waals surface area contributed by atoms with Gasteiger partial charge < -0.3 is 14.6 Å². The fourth-order valence-corrected chi connectivity index (χ4v) is 3.53. The number of para-hydroxylation sites is 1. The van der Waals surface area contributed by atoms with E-state index < -0.39 is 15.9 Å². The van der Waals surface area contributed by atoms with E-state index in [1.807, 2.05) is 0 Å². The molecule has 0 unspecified atom stereocenters. The van der Waals surface area contributed by atoms with Crippen LogP contribution in [-0.4, -0.2) is 41.7 Å². The Morgan fingerprint density at radius 3 is 2.62 bits per heavy atom. The van der Waals surface area contributed by atoms with Crippen molar-refractivity contribution >= 4 is 33.2 Å². The highest BCUT2D eigenvalue weighted by atomic mass is 35.5. The third-order valence-corrected chi connectivity index (χ3v) is 5.04. The normalized spacial score (nSPS) is 12.0. The Morgan fingerprint density at radius 2 is 1.96 bits per heavy atom. The zero-order chi connectivity index (χ0) is 19.2. The lowest BCUT2D eigenvalue weighted by molar-refractivity contribution is -0.213. The smallest absolute Gasteiger partial charge is 0.261 e. The standard InChI is InChI=1S/C17H19ClN2O5S/c1-24-10-9-19-17(21)13-5-3-4-6-15(13)20-26(22,23)12-7-8-16(25-2)14(18)11-12/h3-8,11,20H,9-10H2,1-2H3,(H,19,21)/p-1. The minimum absolute atomic E-state index is 0.0538. The van der Waals surface area contributed by atoms with Crippen molar-refractivity contribution in [2.45, 2.75) is 4.90 Å². The molecule has 0 aliphatic heterocycles. The van der Waals surface area contributed by atoms with Crippen molar-refractivity contribution < 1.29 is 23.0 Å². The second-order valence-electron chi connectivity index (χ2n) is 5.13. The molecule has 0 heterocycles. The maximum atomic E-state index is 12.6. The van der Waals surface area contributed by atoms with E-state index in [-0.39, 0.29) is 27.7 Å². The molecule has 0 amide bonds. The van der Waals surface area contributed by atoms with Crippen molar-refractivity contribution in [3.05, 3.63) is 53.1 Å². The average molecular weight is 398 g/mol. The Hall–Kier alpha value is -2.29. The molecule has 0 aromatic heterocycles. The maximum absolute atomic E-state index is 12.6. The van der Waals surface area contributed by atoms with Crippen LogP contribution < -0.4 is 14.6 Å². The summed E-state index contributed by atoms with van der Waals surface area (Å²) in [5.41, 5.74) is 0.275. The summed E-state index contributed by atoms with van der Waals surface area (Å²) in [6.45, 7) is 0.481. The predicted octanol–water partition coefficient (Wildman–Crippen LogP) is 1.90. The largest absolute Gasteiger partial charge is 0.858 e. The molecule has 0 aliphatic rings. The van der Waals surface area contributed by atoms with Crippen LogP contribution in [-0.2, 0) is 14.8 Å². The Kier molecular flexibility index (Phi) is 6.84. The molecule has 0 aliphatic carbocycles. The van der Waals surface area contributed by atoms with Crippen LogP contribution in [0.3, 0.4) is 0 Å². The zero-order valence-corrected chi connectivity index (χ0v) is 15.8. The predicted molar refractivity (Wildman–Crippen MR) is 98.5 cm³/mol. The topological polar surface area (TPSA) is 100 Å². The molecule has 2 aromatic rings. The maximum Gasteiger partial charge on any atom is 0.261 e. The first-order valence-corrected chi connectivity index (χ1v) is 9.41. The molecule has 1 N–H and O–H groups in total. The Bertz CT molecular complexity index is 900. The van der Waals surface area contributed by atoms with Crippen molar-refractivity contribution in [2.24, 2.45) is 4.99 Å². The summed E-state index contributed by atoms with van der Waals surface area (Å²) in [4.78, 5) is 3.79. The summed E-state index contributed by atoms with van der Waals surface area (Å²) in [6, 6.07) is 10.3. The van der Waals surface area contributed by atoms with E-state index >= 15 is 0 Å². The highest BCUT2D eigenvalue weighted by Gasteiger charge is 2.17. The van der Waals surface area contributed by atoms with Gasteiger partial charge in [-0.05, 0) is 30.2 Å². The number of rotatable bonds is 8. The minimum Gasteiger partial charge on any atom is -0.858 e. The number of benzene rings is 2. The fraction of sp³-hybridized carbons (Fsp3) is 0.235. The van der Waals surface area contributed by atoms with Crippen molar-refractivity contribution in [3.63, 3.8) is 0 Å². The second kappa shape index (κ2) is 8.88. The molecule has 7 nitrogen and oxygen atoms in total. The number of nitrogens with one attached hydrogen (secondary N) is 1. The first-order valence-electron chi connectivity index (χ1n) is 7.55. The second-order valence-corrected chi connectivity index (χ2v) is 7.22. The molecular formula is C17H18ClN2O5S-. The number of hydrogen-bond donors (Lipinski definition) is 1. The number of nitrogens with zero attached hydrogens (tertiary/aromatic N) is 1. The van der Waals surface area contributed by atoms with E-state index in [9.17, 15) is 13.5 Å². The van der Waals surface area contributed by atoms with Gasteiger partial charge in [0.25, 0.3) is 10.0 Å². The van der Waals surface area contributed by atoms with E-state index in [1.54, 1.807) is 12.1 Å². The molecule has 26 heavy (non-hydrogen) atoms. The first-order chi connectivity index (χ1) is 12.4. The molecule has 140 valence electrons. The lowest BCUT2D eigenvalue weighted by Gasteiger charge is -2.17. The Balaban J connectivity index is 2.33. The van der Waals surface area contributed by atoms with Crippen LogP contribution in [0.1, 0.15) is 5.56 Å². The van der Waals surface area contributed by atoms with Gasteiger partial charge in [-0.1, -0.05) is 29.8 Å². The van der Waals surface area contributed by atoms with E-state index in [0.29, 0.717) is 12.4 Å². The number of methoxy groups -OCH3 is 2. The number of halogens is 1. The lowest BCUT2D eigenvalue weighted by Crippen LogP contribution is -2.23. The van der Waals surface area contributed by atoms with Crippen molar-refractivity contribution in [2.75, 3.05) is 32.1 Å². The number of anilines is 1. The minimum atomic E-state index is -3.95. The third kappa shape index (κ3) is 4.87. The van der Waals surface area contributed by atoms with Crippen molar-refractivity contribution in [1.29, 1.82) is 0 Å². The third-order valence-electron chi connectivity index (χ3n) is 3.39. The highest BCUT2D eigenvalue weighted by Crippen LogP contribution is 2.28. The van der Waals surface area contributed by atoms with Gasteiger partial charge in [-0.15, -0.1) is 0 Å². The molecule has 0 saturated heterocycles. The summed E-state index contributed by atoms with van der Waals surface area (Å²) in [5.74, 6) is -0.175. The quantitative estimate of drug-likeness (QED) is 0.416. The van der Waals surface area contributed by atoms with Crippen LogP contribution in [0.4, 0.5) is 5.69 Å². The SMILES string of the molecule is COCCN=C([O-])c1ccccc1NS(=O)(=O)c1ccc(OC)c(Cl)c1. The van der Waals surface area contributed by atoms with Gasteiger partial charge in [-0.2, -0.15) is 0 Å². The molecule has 0 spiro atoms. The van der Waals surface area contributed by atoms with E-state index in [4.69, 9.17) is 21.1 Å². The van der Waals surface area contributed by atoms with E-state index in [2.05, 4.69) is 9.71 Å². The van der Waals surface area contributed by atoms with Gasteiger partial charge in [-0.3, -0.25) is 9.71 Å². The van der Waals surface area contributed by atoms with Crippen LogP contribution in [0.25, 0.3) is 0 Å². The van der Waals surface area contributed by atoms with Gasteiger partial charge in [0, 0.05) is 12.7 Å². The number of hydrogen-bond acceptors (Lipinski definition) is 6. The van der Waals surface area contributed by atoms with E-state index in [1.165, 1.54) is 44.6 Å². The summed E-state index contributed by atoms with van der Waals surface area (Å²) in [6.07, 6.45) is 0. The van der Waals surface area contributed by atoms with Crippen molar-refractivity contribution in [1.82, 2.24) is 0 Å². The summed E-state index contributed by atoms with van der Waals surface area (Å²) >= 11 is 5.99. The Labute approximate surface area is 157 Å². The van der Waals surface area contributed by atoms with E-state index in [0.717, 1.165) is 0 Å². The van der Waals surface area contributed by atoms with Gasteiger partial charge in [0.15, 0.2) is 0 Å². The molecule has 0 fully saturated rings. The molecule has 9 heteroatoms. The number of aliphatic imine (C=N–C) groups is 1. The van der Waals surface area contributed by atoms with Crippen LogP contribution in [0.2, 0.25) is 5.02 Å². The average Bonchev–Trinajstić information content (AvgIpc) is 2.62. The molecule has 0 atom stereocenters. The zero-order valence-electron chi connectivity index (χ0n) is 14.2. The summed E-state index contributed by atoms with van der Waals surface area (Å²) in [5, 5.41) is 12.4. The van der Waals surface area contributed by atoms with Gasteiger partial charge in [0.05, 0.1) is 35.9 Å². The van der Waals surface area contributed by atoms with Crippen LogP contribution in [0.5, 0.6) is 5.75 Å². The Morgan fingerprint density at radius 1 is 1.23 bits per heavy atom. The van der Waals surface area contributed by atoms with Gasteiger partial charge in [-0.25, -0.2) is 8.42 Å². The van der Waals surface area contributed by atoms with Crippen LogP contribution in [0, 0.1) is 0 Å². The molecule has 0 radical (unpaired) electrons. The molecular weight excluding hydrogens is 380 g/mol. The summed E-state index contributed by atoms with van der Waals surface area (Å²) in [7, 11) is -1.02. The van der Waals surface area contributed by atoms with Gasteiger partial charge in [0.2, 0.25) is 0 Å². The van der Waals surface area contributed by atoms with Crippen LogP contribution >= 0.6 is 11.6 Å². The van der Waals surface area contributed by atoms with Gasteiger partial charge >= 0.3 is 0 Å². The molecule has 0 saturated carbocycles. The molecule has 0 bridgehead atoms. The highest BCUT2D eigenvalue weighted by molar-refractivity contribution is 7.92. The molecule has 2 rings (SSSR count). The number of sulfonamides is 1. The lowest BCUT2D eigenvalue weighted by atomic mass is 10.2. The van der Waals surface area contributed by atoms with Crippen LogP contribution in [0.15, 0.2) is 52.4 Å². The first kappa shape index (κ1) is 20.0. The molecule has 2 aromatic carbocycles.